The van der Waals surface area contributed by atoms with E-state index in [-0.39, 0.29) is 18.1 Å². The van der Waals surface area contributed by atoms with Gasteiger partial charge >= 0.3 is 0 Å². The molecule has 0 atom stereocenters. The molecule has 1 aromatic carbocycles. The Bertz CT molecular complexity index is 600. The first kappa shape index (κ1) is 24.6. The lowest BCUT2D eigenvalue weighted by Crippen LogP contribution is -2.43. The minimum atomic E-state index is -0.298. The van der Waals surface area contributed by atoms with Gasteiger partial charge in [0.15, 0.2) is 18.1 Å². The number of nitrogens with one attached hydrogen (secondary N) is 2. The molecule has 0 aliphatic carbocycles. The maximum absolute atomic E-state index is 11.9. The van der Waals surface area contributed by atoms with Crippen LogP contribution in [0.15, 0.2) is 12.1 Å². The summed E-state index contributed by atoms with van der Waals surface area (Å²) >= 11 is 6.40. The molecule has 0 unspecified atom stereocenters. The molecule has 1 rings (SSSR count). The molecule has 0 fully saturated rings. The maximum Gasteiger partial charge on any atom is 0.258 e. The largest absolute Gasteiger partial charge is 0.493 e. The Kier molecular flexibility index (Phi) is 11.3. The third kappa shape index (κ3) is 10.2. The number of carbonyl (C=O) groups is 1. The highest BCUT2D eigenvalue weighted by molar-refractivity contribution is 6.31. The molecule has 1 aromatic rings. The lowest BCUT2D eigenvalue weighted by Gasteiger charge is -2.21. The predicted molar refractivity (Wildman–Crippen MR) is 116 cm³/mol. The lowest BCUT2D eigenvalue weighted by molar-refractivity contribution is -0.124. The molecule has 0 aromatic heterocycles. The quantitative estimate of drug-likeness (QED) is 0.443. The molecule has 28 heavy (non-hydrogen) atoms. The van der Waals surface area contributed by atoms with Crippen LogP contribution in [0.3, 0.4) is 0 Å². The van der Waals surface area contributed by atoms with E-state index in [9.17, 15) is 4.79 Å². The van der Waals surface area contributed by atoms with E-state index in [1.165, 1.54) is 38.5 Å². The van der Waals surface area contributed by atoms with Gasteiger partial charge in [0.2, 0.25) is 0 Å². The Labute approximate surface area is 175 Å². The number of unbranched alkanes of at least 4 members (excludes halogenated alkanes) is 5. The third-order valence-corrected chi connectivity index (χ3v) is 4.58. The first-order chi connectivity index (χ1) is 13.3. The topological polar surface area (TPSA) is 59.6 Å². The van der Waals surface area contributed by atoms with E-state index < -0.39 is 0 Å². The van der Waals surface area contributed by atoms with Crippen LogP contribution in [-0.4, -0.2) is 31.7 Å². The standard InChI is InChI=1S/C22H37ClN2O3/c1-6-7-8-9-10-11-12-24-15-17-13-19(27-5)20(14-18(17)23)28-16-21(26)25-22(2,3)4/h13-14,24H,6-12,15-16H2,1-5H3,(H,25,26). The molecule has 0 spiro atoms. The fourth-order valence-corrected chi connectivity index (χ4v) is 3.06. The Hall–Kier alpha value is -1.46. The molecule has 6 heteroatoms. The number of carbonyl (C=O) groups excluding carboxylic acids is 1. The molecule has 5 nitrogen and oxygen atoms in total. The van der Waals surface area contributed by atoms with Crippen molar-refractivity contribution in [1.82, 2.24) is 10.6 Å². The molecule has 0 radical (unpaired) electrons. The highest BCUT2D eigenvalue weighted by Gasteiger charge is 2.16. The number of ether oxygens (including phenoxy) is 2. The van der Waals surface area contributed by atoms with Crippen molar-refractivity contribution in [3.8, 4) is 11.5 Å². The van der Waals surface area contributed by atoms with Gasteiger partial charge in [-0.2, -0.15) is 0 Å². The van der Waals surface area contributed by atoms with E-state index in [4.69, 9.17) is 21.1 Å². The van der Waals surface area contributed by atoms with Gasteiger partial charge in [0, 0.05) is 23.2 Å². The zero-order valence-electron chi connectivity index (χ0n) is 18.1. The highest BCUT2D eigenvalue weighted by atomic mass is 35.5. The van der Waals surface area contributed by atoms with E-state index in [1.807, 2.05) is 26.8 Å². The molecule has 0 saturated carbocycles. The SMILES string of the molecule is CCCCCCCCNCc1cc(OC)c(OCC(=O)NC(C)(C)C)cc1Cl. The molecular weight excluding hydrogens is 376 g/mol. The van der Waals surface area contributed by atoms with Crippen LogP contribution in [0.2, 0.25) is 5.02 Å². The zero-order chi connectivity index (χ0) is 21.0. The number of rotatable bonds is 13. The van der Waals surface area contributed by atoms with Crippen molar-refractivity contribution in [1.29, 1.82) is 0 Å². The van der Waals surface area contributed by atoms with Crippen molar-refractivity contribution in [3.63, 3.8) is 0 Å². The van der Waals surface area contributed by atoms with Gasteiger partial charge in [-0.25, -0.2) is 0 Å². The first-order valence-corrected chi connectivity index (χ1v) is 10.7. The lowest BCUT2D eigenvalue weighted by atomic mass is 10.1. The summed E-state index contributed by atoms with van der Waals surface area (Å²) in [4.78, 5) is 11.9. The van der Waals surface area contributed by atoms with Crippen LogP contribution in [0.25, 0.3) is 0 Å². The van der Waals surface area contributed by atoms with Crippen molar-refractivity contribution >= 4 is 17.5 Å². The van der Waals surface area contributed by atoms with E-state index in [0.717, 1.165) is 12.1 Å². The van der Waals surface area contributed by atoms with Crippen LogP contribution in [-0.2, 0) is 11.3 Å². The minimum absolute atomic E-state index is 0.0837. The summed E-state index contributed by atoms with van der Waals surface area (Å²) in [7, 11) is 1.58. The monoisotopic (exact) mass is 412 g/mol. The van der Waals surface area contributed by atoms with Crippen LogP contribution >= 0.6 is 11.6 Å². The minimum Gasteiger partial charge on any atom is -0.493 e. The van der Waals surface area contributed by atoms with E-state index >= 15 is 0 Å². The second-order valence-electron chi connectivity index (χ2n) is 8.13. The second-order valence-corrected chi connectivity index (χ2v) is 8.53. The Morgan fingerprint density at radius 1 is 1.07 bits per heavy atom. The molecular formula is C22H37ClN2O3. The highest BCUT2D eigenvalue weighted by Crippen LogP contribution is 2.33. The summed E-state index contributed by atoms with van der Waals surface area (Å²) in [5.41, 5.74) is 0.657. The number of amides is 1. The van der Waals surface area contributed by atoms with Crippen molar-refractivity contribution in [3.05, 3.63) is 22.7 Å². The third-order valence-electron chi connectivity index (χ3n) is 4.23. The summed E-state index contributed by atoms with van der Waals surface area (Å²) in [6, 6.07) is 3.58. The molecule has 0 aliphatic heterocycles. The van der Waals surface area contributed by atoms with Gasteiger partial charge in [-0.15, -0.1) is 0 Å². The fourth-order valence-electron chi connectivity index (χ4n) is 2.84. The van der Waals surface area contributed by atoms with Crippen molar-refractivity contribution < 1.29 is 14.3 Å². The smallest absolute Gasteiger partial charge is 0.258 e. The Morgan fingerprint density at radius 3 is 2.39 bits per heavy atom. The Morgan fingerprint density at radius 2 is 1.75 bits per heavy atom. The Balaban J connectivity index is 2.50. The van der Waals surface area contributed by atoms with E-state index in [0.29, 0.717) is 23.1 Å². The van der Waals surface area contributed by atoms with Crippen LogP contribution in [0.4, 0.5) is 0 Å². The molecule has 0 aliphatic rings. The second kappa shape index (κ2) is 12.9. The van der Waals surface area contributed by atoms with Gasteiger partial charge in [0.1, 0.15) is 0 Å². The summed E-state index contributed by atoms with van der Waals surface area (Å²) in [6.45, 7) is 9.57. The van der Waals surface area contributed by atoms with E-state index in [2.05, 4.69) is 17.6 Å². The number of methoxy groups -OCH3 is 1. The van der Waals surface area contributed by atoms with Gasteiger partial charge in [0.05, 0.1) is 7.11 Å². The molecule has 0 bridgehead atoms. The van der Waals surface area contributed by atoms with Gasteiger partial charge in [0.25, 0.3) is 5.91 Å². The fraction of sp³-hybridized carbons (Fsp3) is 0.682. The van der Waals surface area contributed by atoms with Crippen LogP contribution in [0.5, 0.6) is 11.5 Å². The average Bonchev–Trinajstić information content (AvgIpc) is 2.62. The summed E-state index contributed by atoms with van der Waals surface area (Å²) < 4.78 is 11.0. The molecule has 2 N–H and O–H groups in total. The van der Waals surface area contributed by atoms with Crippen LogP contribution in [0.1, 0.15) is 71.8 Å². The van der Waals surface area contributed by atoms with Crippen molar-refractivity contribution in [2.45, 2.75) is 78.3 Å². The number of halogens is 1. The van der Waals surface area contributed by atoms with Crippen LogP contribution in [0, 0.1) is 0 Å². The van der Waals surface area contributed by atoms with Crippen molar-refractivity contribution in [2.24, 2.45) is 0 Å². The molecule has 1 amide bonds. The number of hydrogen-bond acceptors (Lipinski definition) is 4. The zero-order valence-corrected chi connectivity index (χ0v) is 18.9. The normalized spacial score (nSPS) is 11.4. The van der Waals surface area contributed by atoms with Gasteiger partial charge in [-0.3, -0.25) is 4.79 Å². The maximum atomic E-state index is 11.9. The molecule has 0 saturated heterocycles. The molecule has 0 heterocycles. The number of hydrogen-bond donors (Lipinski definition) is 2. The molecule has 160 valence electrons. The van der Waals surface area contributed by atoms with Gasteiger partial charge in [-0.05, 0) is 45.4 Å². The number of benzene rings is 1. The summed E-state index contributed by atoms with van der Waals surface area (Å²) in [5.74, 6) is 0.857. The van der Waals surface area contributed by atoms with Crippen molar-refractivity contribution in [2.75, 3.05) is 20.3 Å². The average molecular weight is 413 g/mol. The summed E-state index contributed by atoms with van der Waals surface area (Å²) in [5, 5.41) is 6.90. The van der Waals surface area contributed by atoms with Gasteiger partial charge < -0.3 is 20.1 Å². The predicted octanol–water partition coefficient (Wildman–Crippen LogP) is 5.09. The van der Waals surface area contributed by atoms with Crippen LogP contribution < -0.4 is 20.1 Å². The summed E-state index contributed by atoms with van der Waals surface area (Å²) in [6.07, 6.45) is 7.67. The van der Waals surface area contributed by atoms with Gasteiger partial charge in [-0.1, -0.05) is 50.6 Å². The van der Waals surface area contributed by atoms with E-state index in [1.54, 1.807) is 13.2 Å². The first-order valence-electron chi connectivity index (χ1n) is 10.3.